The predicted molar refractivity (Wildman–Crippen MR) is 82.6 cm³/mol. The van der Waals surface area contributed by atoms with Gasteiger partial charge in [-0.15, -0.1) is 0 Å². The van der Waals surface area contributed by atoms with Gasteiger partial charge in [-0.3, -0.25) is 4.79 Å². The SMILES string of the molecule is CC(C)(CCC(=O)O)NC(=O)NC(Cc1ccccc1)C(F)(F)F. The molecule has 0 saturated carbocycles. The molecule has 1 aromatic rings. The zero-order valence-corrected chi connectivity index (χ0v) is 13.5. The van der Waals surface area contributed by atoms with Gasteiger partial charge in [0.2, 0.25) is 0 Å². The number of carboxylic acid groups (broad SMARTS) is 1. The molecule has 5 nitrogen and oxygen atoms in total. The predicted octanol–water partition coefficient (Wildman–Crippen LogP) is 3.10. The van der Waals surface area contributed by atoms with Crippen molar-refractivity contribution in [1.29, 1.82) is 0 Å². The van der Waals surface area contributed by atoms with Gasteiger partial charge in [0.05, 0.1) is 0 Å². The van der Waals surface area contributed by atoms with E-state index in [9.17, 15) is 22.8 Å². The average Bonchev–Trinajstić information content (AvgIpc) is 2.44. The second-order valence-corrected chi connectivity index (χ2v) is 6.16. The molecule has 0 fully saturated rings. The fourth-order valence-corrected chi connectivity index (χ4v) is 2.08. The molecule has 24 heavy (non-hydrogen) atoms. The van der Waals surface area contributed by atoms with E-state index in [1.54, 1.807) is 44.2 Å². The lowest BCUT2D eigenvalue weighted by Crippen LogP contribution is -2.55. The molecule has 8 heteroatoms. The molecule has 1 atom stereocenters. The quantitative estimate of drug-likeness (QED) is 0.710. The summed E-state index contributed by atoms with van der Waals surface area (Å²) in [5.74, 6) is -1.04. The first kappa shape index (κ1) is 19.8. The molecule has 1 unspecified atom stereocenters. The van der Waals surface area contributed by atoms with Crippen molar-refractivity contribution >= 4 is 12.0 Å². The molecule has 0 aliphatic heterocycles. The van der Waals surface area contributed by atoms with Crippen LogP contribution in [0.15, 0.2) is 30.3 Å². The van der Waals surface area contributed by atoms with Crippen LogP contribution in [0, 0.1) is 0 Å². The van der Waals surface area contributed by atoms with Gasteiger partial charge in [-0.2, -0.15) is 13.2 Å². The van der Waals surface area contributed by atoms with Gasteiger partial charge in [0.25, 0.3) is 0 Å². The first-order chi connectivity index (χ1) is 11.0. The van der Waals surface area contributed by atoms with Crippen molar-refractivity contribution in [2.24, 2.45) is 0 Å². The molecule has 0 heterocycles. The van der Waals surface area contributed by atoms with Crippen LogP contribution >= 0.6 is 0 Å². The van der Waals surface area contributed by atoms with Crippen molar-refractivity contribution in [2.75, 3.05) is 0 Å². The van der Waals surface area contributed by atoms with Gasteiger partial charge in [0, 0.05) is 18.4 Å². The van der Waals surface area contributed by atoms with E-state index < -0.39 is 29.8 Å². The number of rotatable bonds is 7. The van der Waals surface area contributed by atoms with Crippen LogP contribution in [0.1, 0.15) is 32.3 Å². The summed E-state index contributed by atoms with van der Waals surface area (Å²) in [6.45, 7) is 3.10. The topological polar surface area (TPSA) is 78.4 Å². The lowest BCUT2D eigenvalue weighted by Gasteiger charge is -2.28. The first-order valence-corrected chi connectivity index (χ1v) is 7.41. The number of amides is 2. The van der Waals surface area contributed by atoms with Crippen LogP contribution < -0.4 is 10.6 Å². The number of alkyl halides is 3. The molecule has 1 rings (SSSR count). The van der Waals surface area contributed by atoms with Crippen molar-refractivity contribution in [3.05, 3.63) is 35.9 Å². The number of hydrogen-bond donors (Lipinski definition) is 3. The third-order valence-electron chi connectivity index (χ3n) is 3.40. The van der Waals surface area contributed by atoms with Crippen LogP contribution in [0.2, 0.25) is 0 Å². The van der Waals surface area contributed by atoms with Crippen molar-refractivity contribution in [1.82, 2.24) is 10.6 Å². The lowest BCUT2D eigenvalue weighted by molar-refractivity contribution is -0.152. The standard InChI is InChI=1S/C16H21F3N2O3/c1-15(2,9-8-13(22)23)21-14(24)20-12(16(17,18)19)10-11-6-4-3-5-7-11/h3-7,12H,8-10H2,1-2H3,(H,22,23)(H2,20,21,24). The van der Waals surface area contributed by atoms with Gasteiger partial charge in [-0.05, 0) is 25.8 Å². The van der Waals surface area contributed by atoms with Crippen LogP contribution in [0.5, 0.6) is 0 Å². The smallest absolute Gasteiger partial charge is 0.408 e. The summed E-state index contributed by atoms with van der Waals surface area (Å²) < 4.78 is 39.4. The van der Waals surface area contributed by atoms with Crippen molar-refractivity contribution in [2.45, 2.75) is 50.9 Å². The molecule has 0 spiro atoms. The normalized spacial score (nSPS) is 13.2. The highest BCUT2D eigenvalue weighted by molar-refractivity contribution is 5.75. The van der Waals surface area contributed by atoms with Gasteiger partial charge in [0.15, 0.2) is 0 Å². The second-order valence-electron chi connectivity index (χ2n) is 6.16. The van der Waals surface area contributed by atoms with E-state index in [1.807, 2.05) is 5.32 Å². The van der Waals surface area contributed by atoms with Gasteiger partial charge in [-0.25, -0.2) is 4.79 Å². The van der Waals surface area contributed by atoms with Crippen molar-refractivity contribution in [3.8, 4) is 0 Å². The zero-order valence-electron chi connectivity index (χ0n) is 13.5. The summed E-state index contributed by atoms with van der Waals surface area (Å²) in [7, 11) is 0. The molecule has 3 N–H and O–H groups in total. The number of halogens is 3. The van der Waals surface area contributed by atoms with Crippen molar-refractivity contribution < 1.29 is 27.9 Å². The number of urea groups is 1. The Hall–Kier alpha value is -2.25. The number of hydrogen-bond acceptors (Lipinski definition) is 2. The maximum Gasteiger partial charge on any atom is 0.408 e. The number of aliphatic carboxylic acids is 1. The molecule has 0 radical (unpaired) electrons. The molecule has 134 valence electrons. The van der Waals surface area contributed by atoms with E-state index in [2.05, 4.69) is 5.32 Å². The molecule has 0 aliphatic rings. The number of nitrogens with one attached hydrogen (secondary N) is 2. The highest BCUT2D eigenvalue weighted by Crippen LogP contribution is 2.23. The molecule has 1 aromatic carbocycles. The summed E-state index contributed by atoms with van der Waals surface area (Å²) in [5.41, 5.74) is -0.490. The summed E-state index contributed by atoms with van der Waals surface area (Å²) in [5, 5.41) is 13.0. The Kier molecular flexibility index (Phi) is 6.62. The van der Waals surface area contributed by atoms with Crippen molar-refractivity contribution in [3.63, 3.8) is 0 Å². The Morgan fingerprint density at radius 1 is 1.17 bits per heavy atom. The Balaban J connectivity index is 2.69. The minimum absolute atomic E-state index is 0.102. The Morgan fingerprint density at radius 2 is 1.75 bits per heavy atom. The van der Waals surface area contributed by atoms with Crippen LogP contribution in [0.25, 0.3) is 0 Å². The molecular weight excluding hydrogens is 325 g/mol. The number of carbonyl (C=O) groups is 2. The highest BCUT2D eigenvalue weighted by Gasteiger charge is 2.41. The molecule has 0 aromatic heterocycles. The largest absolute Gasteiger partial charge is 0.481 e. The molecule has 0 saturated heterocycles. The van der Waals surface area contributed by atoms with E-state index in [0.29, 0.717) is 5.56 Å². The summed E-state index contributed by atoms with van der Waals surface area (Å²) in [6.07, 6.45) is -5.07. The molecular formula is C16H21F3N2O3. The molecule has 2 amide bonds. The number of carbonyl (C=O) groups excluding carboxylic acids is 1. The monoisotopic (exact) mass is 346 g/mol. The van der Waals surface area contributed by atoms with Gasteiger partial charge >= 0.3 is 18.2 Å². The minimum Gasteiger partial charge on any atom is -0.481 e. The molecule has 0 bridgehead atoms. The number of benzene rings is 1. The summed E-state index contributed by atoms with van der Waals surface area (Å²) >= 11 is 0. The van der Waals surface area contributed by atoms with Crippen LogP contribution in [0.3, 0.4) is 0 Å². The fourth-order valence-electron chi connectivity index (χ4n) is 2.08. The van der Waals surface area contributed by atoms with Gasteiger partial charge in [-0.1, -0.05) is 30.3 Å². The highest BCUT2D eigenvalue weighted by atomic mass is 19.4. The average molecular weight is 346 g/mol. The molecule has 0 aliphatic carbocycles. The second kappa shape index (κ2) is 8.03. The van der Waals surface area contributed by atoms with E-state index >= 15 is 0 Å². The maximum atomic E-state index is 13.1. The van der Waals surface area contributed by atoms with Crippen LogP contribution in [-0.2, 0) is 11.2 Å². The third-order valence-corrected chi connectivity index (χ3v) is 3.40. The van der Waals surface area contributed by atoms with E-state index in [-0.39, 0.29) is 19.3 Å². The van der Waals surface area contributed by atoms with Gasteiger partial charge < -0.3 is 15.7 Å². The minimum atomic E-state index is -4.60. The number of carboxylic acids is 1. The first-order valence-electron chi connectivity index (χ1n) is 7.41. The Morgan fingerprint density at radius 3 is 2.25 bits per heavy atom. The Labute approximate surface area is 138 Å². The van der Waals surface area contributed by atoms with E-state index in [4.69, 9.17) is 5.11 Å². The van der Waals surface area contributed by atoms with Crippen LogP contribution in [0.4, 0.5) is 18.0 Å². The summed E-state index contributed by atoms with van der Waals surface area (Å²) in [4.78, 5) is 22.4. The zero-order chi connectivity index (χ0) is 18.4. The third kappa shape index (κ3) is 7.34. The maximum absolute atomic E-state index is 13.1. The summed E-state index contributed by atoms with van der Waals surface area (Å²) in [6, 6.07) is 5.02. The fraction of sp³-hybridized carbons (Fsp3) is 0.500. The van der Waals surface area contributed by atoms with E-state index in [1.165, 1.54) is 0 Å². The Bertz CT molecular complexity index is 559. The van der Waals surface area contributed by atoms with Crippen LogP contribution in [-0.4, -0.2) is 34.9 Å². The van der Waals surface area contributed by atoms with Gasteiger partial charge in [0.1, 0.15) is 6.04 Å². The van der Waals surface area contributed by atoms with E-state index in [0.717, 1.165) is 0 Å². The lowest BCUT2D eigenvalue weighted by atomic mass is 9.98.